The van der Waals surface area contributed by atoms with E-state index in [0.717, 1.165) is 43.5 Å². The van der Waals surface area contributed by atoms with Crippen LogP contribution in [0.1, 0.15) is 59.3 Å². The summed E-state index contributed by atoms with van der Waals surface area (Å²) < 4.78 is 5.49. The Kier molecular flexibility index (Phi) is 5.92. The predicted molar refractivity (Wildman–Crippen MR) is 128 cm³/mol. The summed E-state index contributed by atoms with van der Waals surface area (Å²) in [5, 5.41) is 3.53. The van der Waals surface area contributed by atoms with Crippen LogP contribution in [0.5, 0.6) is 0 Å². The molecule has 32 heavy (non-hydrogen) atoms. The van der Waals surface area contributed by atoms with E-state index in [1.165, 1.54) is 6.42 Å². The van der Waals surface area contributed by atoms with Crippen LogP contribution in [0.4, 0.5) is 16.2 Å². The highest BCUT2D eigenvalue weighted by atomic mass is 16.6. The van der Waals surface area contributed by atoms with Gasteiger partial charge in [-0.1, -0.05) is 6.42 Å². The molecule has 0 radical (unpaired) electrons. The highest BCUT2D eigenvalue weighted by molar-refractivity contribution is 6.05. The van der Waals surface area contributed by atoms with Crippen LogP contribution in [-0.4, -0.2) is 53.3 Å². The zero-order valence-corrected chi connectivity index (χ0v) is 19.3. The van der Waals surface area contributed by atoms with E-state index in [1.54, 1.807) is 4.90 Å². The maximum absolute atomic E-state index is 12.3. The maximum Gasteiger partial charge on any atom is 0.410 e. The molecule has 1 amide bonds. The molecule has 1 saturated heterocycles. The largest absolute Gasteiger partial charge is 0.444 e. The number of benzene rings is 1. The van der Waals surface area contributed by atoms with Gasteiger partial charge in [-0.25, -0.2) is 9.79 Å². The third-order valence-electron chi connectivity index (χ3n) is 6.19. The third-order valence-corrected chi connectivity index (χ3v) is 6.19. The van der Waals surface area contributed by atoms with Gasteiger partial charge in [-0.3, -0.25) is 4.90 Å². The first-order chi connectivity index (χ1) is 15.2. The van der Waals surface area contributed by atoms with Gasteiger partial charge in [-0.2, -0.15) is 4.99 Å². The molecule has 1 atom stereocenters. The van der Waals surface area contributed by atoms with Gasteiger partial charge in [-0.15, -0.1) is 0 Å². The van der Waals surface area contributed by atoms with Crippen LogP contribution in [0, 0.1) is 0 Å². The fraction of sp³-hybridized carbons (Fsp3) is 0.609. The lowest BCUT2D eigenvalue weighted by atomic mass is 9.87. The summed E-state index contributed by atoms with van der Waals surface area (Å²) in [5.74, 6) is 0.651. The monoisotopic (exact) mass is 441 g/mol. The lowest BCUT2D eigenvalue weighted by Crippen LogP contribution is -2.58. The van der Waals surface area contributed by atoms with Gasteiger partial charge < -0.3 is 26.4 Å². The molecule has 2 aliphatic heterocycles. The quantitative estimate of drug-likeness (QED) is 0.662. The van der Waals surface area contributed by atoms with Gasteiger partial charge in [0, 0.05) is 30.5 Å². The summed E-state index contributed by atoms with van der Waals surface area (Å²) >= 11 is 0. The number of amides is 1. The molecular formula is C23H35N7O2. The van der Waals surface area contributed by atoms with Crippen LogP contribution in [0.25, 0.3) is 0 Å². The van der Waals surface area contributed by atoms with Crippen LogP contribution in [0.3, 0.4) is 0 Å². The van der Waals surface area contributed by atoms with Crippen molar-refractivity contribution in [2.45, 2.75) is 76.6 Å². The van der Waals surface area contributed by atoms with Gasteiger partial charge in [0.1, 0.15) is 11.3 Å². The molecule has 174 valence electrons. The van der Waals surface area contributed by atoms with Crippen molar-refractivity contribution < 1.29 is 9.53 Å². The van der Waals surface area contributed by atoms with E-state index in [-0.39, 0.29) is 18.1 Å². The smallest absolute Gasteiger partial charge is 0.410 e. The maximum atomic E-state index is 12.3. The van der Waals surface area contributed by atoms with Crippen molar-refractivity contribution in [3.8, 4) is 0 Å². The summed E-state index contributed by atoms with van der Waals surface area (Å²) in [7, 11) is 0. The number of hydrogen-bond donors (Lipinski definition) is 3. The lowest BCUT2D eigenvalue weighted by Gasteiger charge is -2.45. The van der Waals surface area contributed by atoms with E-state index in [9.17, 15) is 4.79 Å². The minimum absolute atomic E-state index is 0.184. The molecule has 1 spiro atoms. The van der Waals surface area contributed by atoms with Crippen LogP contribution in [0.2, 0.25) is 0 Å². The summed E-state index contributed by atoms with van der Waals surface area (Å²) in [6.45, 7) is 6.96. The number of anilines is 2. The highest BCUT2D eigenvalue weighted by Crippen LogP contribution is 2.39. The standard InChI is InChI=1S/C23H35N7O2/c1-22(2,3)32-21(31)29-14-11-17(15-29)26-16-7-9-18(10-8-16)30-20(25)27-19(24)28-23(30)12-5-4-6-13-23/h7-10,17,26H,4-6,11-15H2,1-3H3,(H4,24,25,27,28). The predicted octanol–water partition coefficient (Wildman–Crippen LogP) is 3.22. The molecule has 1 saturated carbocycles. The molecule has 3 aliphatic rings. The van der Waals surface area contributed by atoms with Gasteiger partial charge in [0.15, 0.2) is 0 Å². The second-order valence-electron chi connectivity index (χ2n) is 9.92. The molecule has 1 unspecified atom stereocenters. The number of ether oxygens (including phenoxy) is 1. The van der Waals surface area contributed by atoms with Crippen molar-refractivity contribution in [1.29, 1.82) is 0 Å². The number of nitrogens with one attached hydrogen (secondary N) is 1. The molecule has 9 heteroatoms. The van der Waals surface area contributed by atoms with Gasteiger partial charge in [0.05, 0.1) is 0 Å². The van der Waals surface area contributed by atoms with Crippen molar-refractivity contribution in [2.75, 3.05) is 23.3 Å². The number of hydrogen-bond acceptors (Lipinski definition) is 8. The fourth-order valence-corrected chi connectivity index (χ4v) is 4.81. The van der Waals surface area contributed by atoms with Crippen molar-refractivity contribution in [3.05, 3.63) is 24.3 Å². The van der Waals surface area contributed by atoms with Crippen LogP contribution in [0.15, 0.2) is 34.3 Å². The minimum Gasteiger partial charge on any atom is -0.444 e. The highest BCUT2D eigenvalue weighted by Gasteiger charge is 2.42. The van der Waals surface area contributed by atoms with Crippen LogP contribution < -0.4 is 21.7 Å². The number of likely N-dealkylation sites (tertiary alicyclic amines) is 1. The van der Waals surface area contributed by atoms with E-state index < -0.39 is 11.3 Å². The Morgan fingerprint density at radius 1 is 1.16 bits per heavy atom. The summed E-state index contributed by atoms with van der Waals surface area (Å²) in [5.41, 5.74) is 13.3. The SMILES string of the molecule is CC(C)(C)OC(=O)N1CCC(Nc2ccc(N3C(N)=NC(N)=NC34CCCCC4)cc2)C1. The van der Waals surface area contributed by atoms with E-state index in [2.05, 4.69) is 10.3 Å². The zero-order valence-electron chi connectivity index (χ0n) is 19.3. The molecule has 1 aromatic carbocycles. The van der Waals surface area contributed by atoms with Crippen LogP contribution in [-0.2, 0) is 4.74 Å². The number of guanidine groups is 2. The second-order valence-corrected chi connectivity index (χ2v) is 9.92. The van der Waals surface area contributed by atoms with E-state index >= 15 is 0 Å². The molecular weight excluding hydrogens is 406 g/mol. The number of aliphatic imine (C=N–C) groups is 2. The summed E-state index contributed by atoms with van der Waals surface area (Å²) in [4.78, 5) is 25.1. The first kappa shape index (κ1) is 22.2. The van der Waals surface area contributed by atoms with Gasteiger partial charge in [-0.05, 0) is 77.1 Å². The Bertz CT molecular complexity index is 898. The summed E-state index contributed by atoms with van der Waals surface area (Å²) in [6.07, 6.45) is 5.83. The molecule has 2 fully saturated rings. The normalized spacial score (nSPS) is 23.0. The van der Waals surface area contributed by atoms with E-state index in [1.807, 2.05) is 49.9 Å². The zero-order chi connectivity index (χ0) is 22.9. The van der Waals surface area contributed by atoms with Gasteiger partial charge in [0.25, 0.3) is 0 Å². The third kappa shape index (κ3) is 4.76. The van der Waals surface area contributed by atoms with Crippen LogP contribution >= 0.6 is 0 Å². The number of nitrogens with two attached hydrogens (primary N) is 2. The average Bonchev–Trinajstić information content (AvgIpc) is 3.17. The molecule has 0 aromatic heterocycles. The Balaban J connectivity index is 1.42. The number of carbonyl (C=O) groups excluding carboxylic acids is 1. The Labute approximate surface area is 189 Å². The average molecular weight is 442 g/mol. The van der Waals surface area contributed by atoms with Gasteiger partial charge >= 0.3 is 6.09 Å². The molecule has 1 aliphatic carbocycles. The molecule has 9 nitrogen and oxygen atoms in total. The van der Waals surface area contributed by atoms with Crippen molar-refractivity contribution in [3.63, 3.8) is 0 Å². The molecule has 2 heterocycles. The molecule has 1 aromatic rings. The van der Waals surface area contributed by atoms with Crippen molar-refractivity contribution in [2.24, 2.45) is 21.5 Å². The fourth-order valence-electron chi connectivity index (χ4n) is 4.81. The number of nitrogens with zero attached hydrogens (tertiary/aromatic N) is 4. The molecule has 0 bridgehead atoms. The number of rotatable bonds is 3. The Morgan fingerprint density at radius 2 is 1.84 bits per heavy atom. The second kappa shape index (κ2) is 8.52. The first-order valence-electron chi connectivity index (χ1n) is 11.5. The molecule has 4 rings (SSSR count). The Hall–Kier alpha value is -2.97. The summed E-state index contributed by atoms with van der Waals surface area (Å²) in [6, 6.07) is 8.34. The molecule has 5 N–H and O–H groups in total. The van der Waals surface area contributed by atoms with Gasteiger partial charge in [0.2, 0.25) is 11.9 Å². The van der Waals surface area contributed by atoms with Crippen molar-refractivity contribution >= 4 is 29.4 Å². The van der Waals surface area contributed by atoms with E-state index in [4.69, 9.17) is 21.2 Å². The topological polar surface area (TPSA) is 122 Å². The minimum atomic E-state index is -0.484. The number of carbonyl (C=O) groups is 1. The lowest BCUT2D eigenvalue weighted by molar-refractivity contribution is 0.0293. The van der Waals surface area contributed by atoms with E-state index in [0.29, 0.717) is 19.0 Å². The van der Waals surface area contributed by atoms with Crippen molar-refractivity contribution in [1.82, 2.24) is 4.90 Å². The first-order valence-corrected chi connectivity index (χ1v) is 11.5. The Morgan fingerprint density at radius 3 is 2.50 bits per heavy atom.